The molecule has 2 aromatic rings. The van der Waals surface area contributed by atoms with Crippen molar-refractivity contribution in [1.82, 2.24) is 4.90 Å². The third-order valence-electron chi connectivity index (χ3n) is 4.55. The zero-order valence-corrected chi connectivity index (χ0v) is 14.3. The minimum atomic E-state index is -0.445. The number of primary amides is 1. The van der Waals surface area contributed by atoms with Crippen molar-refractivity contribution in [3.05, 3.63) is 54.1 Å². The van der Waals surface area contributed by atoms with E-state index in [1.54, 1.807) is 18.2 Å². The van der Waals surface area contributed by atoms with Gasteiger partial charge in [-0.3, -0.25) is 9.69 Å². The SMILES string of the molecule is NC(=O)c1ccc(N)cc1NCCN1CCN(c2ccccc2)CC1. The number of carbonyl (C=O) groups is 1. The number of hydrogen-bond donors (Lipinski definition) is 3. The van der Waals surface area contributed by atoms with Gasteiger partial charge in [0.1, 0.15) is 0 Å². The van der Waals surface area contributed by atoms with Gasteiger partial charge in [0.15, 0.2) is 0 Å². The molecule has 5 N–H and O–H groups in total. The maximum Gasteiger partial charge on any atom is 0.250 e. The average molecular weight is 339 g/mol. The minimum Gasteiger partial charge on any atom is -0.399 e. The maximum atomic E-state index is 11.5. The fourth-order valence-corrected chi connectivity index (χ4v) is 3.14. The van der Waals surface area contributed by atoms with E-state index in [0.717, 1.165) is 39.3 Å². The number of benzene rings is 2. The summed E-state index contributed by atoms with van der Waals surface area (Å²) in [5, 5.41) is 3.29. The number of para-hydroxylation sites is 1. The van der Waals surface area contributed by atoms with Crippen LogP contribution in [0.15, 0.2) is 48.5 Å². The molecule has 132 valence electrons. The standard InChI is InChI=1S/C19H25N5O/c20-15-6-7-17(19(21)25)18(14-15)22-8-9-23-10-12-24(13-11-23)16-4-2-1-3-5-16/h1-7,14,22H,8-13,20H2,(H2,21,25). The van der Waals surface area contributed by atoms with Crippen molar-refractivity contribution in [2.45, 2.75) is 0 Å². The summed E-state index contributed by atoms with van der Waals surface area (Å²) in [7, 11) is 0. The molecule has 1 fully saturated rings. The molecule has 0 atom stereocenters. The Bertz CT molecular complexity index is 711. The lowest BCUT2D eigenvalue weighted by Crippen LogP contribution is -2.47. The lowest BCUT2D eigenvalue weighted by Gasteiger charge is -2.36. The van der Waals surface area contributed by atoms with Crippen LogP contribution in [0.5, 0.6) is 0 Å². The first-order valence-corrected chi connectivity index (χ1v) is 8.59. The number of nitrogen functional groups attached to an aromatic ring is 1. The molecule has 2 aromatic carbocycles. The van der Waals surface area contributed by atoms with E-state index in [1.165, 1.54) is 5.69 Å². The molecule has 0 aliphatic carbocycles. The Morgan fingerprint density at radius 3 is 2.44 bits per heavy atom. The van der Waals surface area contributed by atoms with Crippen LogP contribution in [-0.2, 0) is 0 Å². The summed E-state index contributed by atoms with van der Waals surface area (Å²) in [6.45, 7) is 5.75. The van der Waals surface area contributed by atoms with Crippen LogP contribution in [0.4, 0.5) is 17.1 Å². The summed E-state index contributed by atoms with van der Waals surface area (Å²) in [6, 6.07) is 15.6. The van der Waals surface area contributed by atoms with E-state index in [0.29, 0.717) is 16.9 Å². The fraction of sp³-hybridized carbons (Fsp3) is 0.316. The number of anilines is 3. The van der Waals surface area contributed by atoms with E-state index in [4.69, 9.17) is 11.5 Å². The molecule has 0 saturated carbocycles. The maximum absolute atomic E-state index is 11.5. The third-order valence-corrected chi connectivity index (χ3v) is 4.55. The highest BCUT2D eigenvalue weighted by Crippen LogP contribution is 2.19. The van der Waals surface area contributed by atoms with Crippen molar-refractivity contribution in [3.8, 4) is 0 Å². The normalized spacial score (nSPS) is 15.1. The van der Waals surface area contributed by atoms with Crippen molar-refractivity contribution < 1.29 is 4.79 Å². The monoisotopic (exact) mass is 339 g/mol. The zero-order chi connectivity index (χ0) is 17.6. The van der Waals surface area contributed by atoms with E-state index >= 15 is 0 Å². The Balaban J connectivity index is 1.48. The van der Waals surface area contributed by atoms with Crippen LogP contribution < -0.4 is 21.7 Å². The summed E-state index contributed by atoms with van der Waals surface area (Å²) in [6.07, 6.45) is 0. The smallest absolute Gasteiger partial charge is 0.250 e. The van der Waals surface area contributed by atoms with Crippen LogP contribution in [0.1, 0.15) is 10.4 Å². The van der Waals surface area contributed by atoms with Crippen molar-refractivity contribution in [3.63, 3.8) is 0 Å². The number of amides is 1. The van der Waals surface area contributed by atoms with Gasteiger partial charge in [-0.1, -0.05) is 18.2 Å². The molecule has 0 aromatic heterocycles. The summed E-state index contributed by atoms with van der Waals surface area (Å²) in [5.74, 6) is -0.445. The number of nitrogens with one attached hydrogen (secondary N) is 1. The second kappa shape index (κ2) is 7.90. The van der Waals surface area contributed by atoms with Gasteiger partial charge in [0.2, 0.25) is 0 Å². The number of carbonyl (C=O) groups excluding carboxylic acids is 1. The predicted molar refractivity (Wildman–Crippen MR) is 103 cm³/mol. The molecule has 1 amide bonds. The summed E-state index contributed by atoms with van der Waals surface area (Å²) in [4.78, 5) is 16.3. The summed E-state index contributed by atoms with van der Waals surface area (Å²) in [5.41, 5.74) is 14.3. The first kappa shape index (κ1) is 17.1. The predicted octanol–water partition coefficient (Wildman–Crippen LogP) is 1.60. The quantitative estimate of drug-likeness (QED) is 0.696. The topological polar surface area (TPSA) is 87.6 Å². The minimum absolute atomic E-state index is 0.445. The van der Waals surface area contributed by atoms with Gasteiger partial charge < -0.3 is 21.7 Å². The van der Waals surface area contributed by atoms with Gasteiger partial charge in [0, 0.05) is 56.3 Å². The highest BCUT2D eigenvalue weighted by Gasteiger charge is 2.16. The van der Waals surface area contributed by atoms with Gasteiger partial charge in [0.05, 0.1) is 5.56 Å². The van der Waals surface area contributed by atoms with Gasteiger partial charge in [0.25, 0.3) is 5.91 Å². The number of rotatable bonds is 6. The first-order valence-electron chi connectivity index (χ1n) is 8.59. The van der Waals surface area contributed by atoms with Crippen LogP contribution in [-0.4, -0.2) is 50.1 Å². The summed E-state index contributed by atoms with van der Waals surface area (Å²) >= 11 is 0. The molecule has 1 saturated heterocycles. The number of nitrogens with two attached hydrogens (primary N) is 2. The lowest BCUT2D eigenvalue weighted by molar-refractivity contribution is 0.100. The van der Waals surface area contributed by atoms with Crippen LogP contribution in [0.25, 0.3) is 0 Å². The van der Waals surface area contributed by atoms with Gasteiger partial charge in [-0.05, 0) is 30.3 Å². The second-order valence-electron chi connectivity index (χ2n) is 6.26. The molecular weight excluding hydrogens is 314 g/mol. The van der Waals surface area contributed by atoms with Crippen molar-refractivity contribution >= 4 is 23.0 Å². The molecule has 1 heterocycles. The number of piperazine rings is 1. The summed E-state index contributed by atoms with van der Waals surface area (Å²) < 4.78 is 0. The molecule has 3 rings (SSSR count). The molecule has 0 unspecified atom stereocenters. The van der Waals surface area contributed by atoms with Crippen LogP contribution in [0.3, 0.4) is 0 Å². The molecule has 0 radical (unpaired) electrons. The molecule has 0 spiro atoms. The van der Waals surface area contributed by atoms with E-state index in [-0.39, 0.29) is 0 Å². The van der Waals surface area contributed by atoms with E-state index in [2.05, 4.69) is 39.4 Å². The fourth-order valence-electron chi connectivity index (χ4n) is 3.14. The zero-order valence-electron chi connectivity index (χ0n) is 14.3. The Hall–Kier alpha value is -2.73. The molecular formula is C19H25N5O. The van der Waals surface area contributed by atoms with Crippen molar-refractivity contribution in [2.75, 3.05) is 55.2 Å². The molecule has 25 heavy (non-hydrogen) atoms. The second-order valence-corrected chi connectivity index (χ2v) is 6.26. The average Bonchev–Trinajstić information content (AvgIpc) is 2.63. The Morgan fingerprint density at radius 2 is 1.76 bits per heavy atom. The van der Waals surface area contributed by atoms with Crippen LogP contribution in [0, 0.1) is 0 Å². The van der Waals surface area contributed by atoms with Crippen molar-refractivity contribution in [1.29, 1.82) is 0 Å². The Morgan fingerprint density at radius 1 is 1.04 bits per heavy atom. The molecule has 1 aliphatic heterocycles. The van der Waals surface area contributed by atoms with E-state index in [9.17, 15) is 4.79 Å². The van der Waals surface area contributed by atoms with Gasteiger partial charge >= 0.3 is 0 Å². The van der Waals surface area contributed by atoms with Crippen LogP contribution in [0.2, 0.25) is 0 Å². The van der Waals surface area contributed by atoms with Gasteiger partial charge in [-0.15, -0.1) is 0 Å². The molecule has 6 nitrogen and oxygen atoms in total. The Labute approximate surface area is 148 Å². The molecule has 6 heteroatoms. The number of hydrogen-bond acceptors (Lipinski definition) is 5. The first-order chi connectivity index (χ1) is 12.1. The van der Waals surface area contributed by atoms with Gasteiger partial charge in [-0.25, -0.2) is 0 Å². The molecule has 0 bridgehead atoms. The van der Waals surface area contributed by atoms with Gasteiger partial charge in [-0.2, -0.15) is 0 Å². The highest BCUT2D eigenvalue weighted by atomic mass is 16.1. The Kier molecular flexibility index (Phi) is 5.40. The highest BCUT2D eigenvalue weighted by molar-refractivity contribution is 5.99. The number of nitrogens with zero attached hydrogens (tertiary/aromatic N) is 2. The third kappa shape index (κ3) is 4.42. The largest absolute Gasteiger partial charge is 0.399 e. The lowest BCUT2D eigenvalue weighted by atomic mass is 10.1. The molecule has 1 aliphatic rings. The van der Waals surface area contributed by atoms with Crippen LogP contribution >= 0.6 is 0 Å². The van der Waals surface area contributed by atoms with Crippen molar-refractivity contribution in [2.24, 2.45) is 5.73 Å². The van der Waals surface area contributed by atoms with E-state index in [1.807, 2.05) is 6.07 Å². The van der Waals surface area contributed by atoms with E-state index < -0.39 is 5.91 Å².